The van der Waals surface area contributed by atoms with Gasteiger partial charge in [-0.05, 0) is 55.5 Å². The van der Waals surface area contributed by atoms with Gasteiger partial charge in [0.1, 0.15) is 17.2 Å². The third-order valence-corrected chi connectivity index (χ3v) is 3.73. The molecule has 3 heteroatoms. The highest BCUT2D eigenvalue weighted by Crippen LogP contribution is 2.24. The van der Waals surface area contributed by atoms with Crippen LogP contribution in [0, 0.1) is 6.92 Å². The summed E-state index contributed by atoms with van der Waals surface area (Å²) in [6.45, 7) is 2.00. The lowest BCUT2D eigenvalue weighted by molar-refractivity contribution is 0.103. The Hall–Kier alpha value is -3.07. The molecule has 0 aliphatic heterocycles. The van der Waals surface area contributed by atoms with Crippen molar-refractivity contribution in [2.75, 3.05) is 7.11 Å². The molecule has 0 N–H and O–H groups in total. The van der Waals surface area contributed by atoms with E-state index in [1.165, 1.54) is 0 Å². The third kappa shape index (κ3) is 4.96. The van der Waals surface area contributed by atoms with Crippen molar-refractivity contribution in [3.63, 3.8) is 0 Å². The molecule has 0 amide bonds. The number of ether oxygens (including phenoxy) is 2. The summed E-state index contributed by atoms with van der Waals surface area (Å²) in [5, 5.41) is 0. The molecule has 0 atom stereocenters. The standard InChI is InChI=1S/C21H18O3.2CH4/c1-15-3-5-16(6-4-15)21(22)17-7-9-19(10-8-17)24-20-13-11-18(23-2)12-14-20;;/h3-14H,1-2H3;2*1H4. The molecular weight excluding hydrogens is 324 g/mol. The molecule has 0 bridgehead atoms. The fourth-order valence-corrected chi connectivity index (χ4v) is 2.33. The van der Waals surface area contributed by atoms with E-state index in [9.17, 15) is 4.79 Å². The fourth-order valence-electron chi connectivity index (χ4n) is 2.33. The van der Waals surface area contributed by atoms with Gasteiger partial charge in [0.25, 0.3) is 0 Å². The number of hydrogen-bond acceptors (Lipinski definition) is 3. The van der Waals surface area contributed by atoms with Crippen molar-refractivity contribution in [1.29, 1.82) is 0 Å². The third-order valence-electron chi connectivity index (χ3n) is 3.73. The first kappa shape index (κ1) is 21.0. The number of aryl methyl sites for hydroxylation is 1. The van der Waals surface area contributed by atoms with E-state index >= 15 is 0 Å². The van der Waals surface area contributed by atoms with Crippen molar-refractivity contribution in [3.05, 3.63) is 89.5 Å². The molecule has 136 valence electrons. The van der Waals surface area contributed by atoms with E-state index in [0.717, 1.165) is 11.3 Å². The predicted octanol–water partition coefficient (Wildman–Crippen LogP) is 6.30. The van der Waals surface area contributed by atoms with Gasteiger partial charge in [-0.15, -0.1) is 0 Å². The second kappa shape index (κ2) is 9.42. The first-order valence-corrected chi connectivity index (χ1v) is 7.69. The van der Waals surface area contributed by atoms with Crippen LogP contribution >= 0.6 is 0 Å². The maximum atomic E-state index is 12.4. The predicted molar refractivity (Wildman–Crippen MR) is 108 cm³/mol. The number of ketones is 1. The SMILES string of the molecule is C.C.COc1ccc(Oc2ccc(C(=O)c3ccc(C)cc3)cc2)cc1. The Balaban J connectivity index is 0.00000169. The van der Waals surface area contributed by atoms with Gasteiger partial charge in [0, 0.05) is 11.1 Å². The summed E-state index contributed by atoms with van der Waals surface area (Å²) in [4.78, 5) is 12.4. The summed E-state index contributed by atoms with van der Waals surface area (Å²) in [6, 6.07) is 22.1. The van der Waals surface area contributed by atoms with Crippen LogP contribution in [0.15, 0.2) is 72.8 Å². The molecule has 3 rings (SSSR count). The Bertz CT molecular complexity index is 817. The second-order valence-corrected chi connectivity index (χ2v) is 5.50. The number of methoxy groups -OCH3 is 1. The molecule has 0 saturated carbocycles. The van der Waals surface area contributed by atoms with Gasteiger partial charge in [-0.25, -0.2) is 0 Å². The van der Waals surface area contributed by atoms with E-state index in [-0.39, 0.29) is 20.6 Å². The highest BCUT2D eigenvalue weighted by atomic mass is 16.5. The minimum Gasteiger partial charge on any atom is -0.497 e. The summed E-state index contributed by atoms with van der Waals surface area (Å²) in [7, 11) is 1.62. The van der Waals surface area contributed by atoms with E-state index in [1.54, 1.807) is 31.4 Å². The van der Waals surface area contributed by atoms with Crippen LogP contribution in [0.5, 0.6) is 17.2 Å². The molecule has 3 aromatic rings. The summed E-state index contributed by atoms with van der Waals surface area (Å²) in [5.74, 6) is 2.18. The lowest BCUT2D eigenvalue weighted by atomic mass is 10.0. The van der Waals surface area contributed by atoms with Crippen LogP contribution in [-0.4, -0.2) is 12.9 Å². The van der Waals surface area contributed by atoms with E-state index in [4.69, 9.17) is 9.47 Å². The van der Waals surface area contributed by atoms with E-state index in [2.05, 4.69) is 0 Å². The number of hydrogen-bond donors (Lipinski definition) is 0. The molecule has 0 saturated heterocycles. The lowest BCUT2D eigenvalue weighted by Gasteiger charge is -2.07. The van der Waals surface area contributed by atoms with Gasteiger partial charge in [-0.1, -0.05) is 44.7 Å². The number of rotatable bonds is 5. The molecule has 0 aliphatic carbocycles. The Kier molecular flexibility index (Phi) is 7.60. The van der Waals surface area contributed by atoms with Crippen molar-refractivity contribution >= 4 is 5.78 Å². The first-order valence-electron chi connectivity index (χ1n) is 7.69. The van der Waals surface area contributed by atoms with Crippen LogP contribution < -0.4 is 9.47 Å². The Morgan fingerprint density at radius 3 is 1.50 bits per heavy atom. The topological polar surface area (TPSA) is 35.5 Å². The highest BCUT2D eigenvalue weighted by Gasteiger charge is 2.09. The molecule has 0 spiro atoms. The van der Waals surface area contributed by atoms with Crippen molar-refractivity contribution in [2.45, 2.75) is 21.8 Å². The average molecular weight is 350 g/mol. The molecule has 0 aromatic heterocycles. The smallest absolute Gasteiger partial charge is 0.193 e. The van der Waals surface area contributed by atoms with Gasteiger partial charge >= 0.3 is 0 Å². The molecule has 26 heavy (non-hydrogen) atoms. The Morgan fingerprint density at radius 1 is 0.654 bits per heavy atom. The monoisotopic (exact) mass is 350 g/mol. The van der Waals surface area contributed by atoms with Crippen LogP contribution in [0.3, 0.4) is 0 Å². The summed E-state index contributed by atoms with van der Waals surface area (Å²) in [5.41, 5.74) is 2.46. The van der Waals surface area contributed by atoms with Gasteiger partial charge in [0.2, 0.25) is 0 Å². The molecule has 3 nitrogen and oxygen atoms in total. The Morgan fingerprint density at radius 2 is 1.04 bits per heavy atom. The maximum absolute atomic E-state index is 12.4. The highest BCUT2D eigenvalue weighted by molar-refractivity contribution is 6.09. The van der Waals surface area contributed by atoms with Gasteiger partial charge < -0.3 is 9.47 Å². The number of benzene rings is 3. The molecule has 0 heterocycles. The average Bonchev–Trinajstić information content (AvgIpc) is 2.63. The summed E-state index contributed by atoms with van der Waals surface area (Å²) >= 11 is 0. The number of carbonyl (C=O) groups excluding carboxylic acids is 1. The van der Waals surface area contributed by atoms with E-state index in [1.807, 2.05) is 55.5 Å². The van der Waals surface area contributed by atoms with Crippen molar-refractivity contribution in [3.8, 4) is 17.2 Å². The van der Waals surface area contributed by atoms with E-state index in [0.29, 0.717) is 22.6 Å². The summed E-state index contributed by atoms with van der Waals surface area (Å²) in [6.07, 6.45) is 0. The quantitative estimate of drug-likeness (QED) is 0.507. The lowest BCUT2D eigenvalue weighted by Crippen LogP contribution is -2.00. The van der Waals surface area contributed by atoms with Crippen molar-refractivity contribution in [1.82, 2.24) is 0 Å². The molecule has 0 unspecified atom stereocenters. The van der Waals surface area contributed by atoms with Crippen LogP contribution in [0.25, 0.3) is 0 Å². The summed E-state index contributed by atoms with van der Waals surface area (Å²) < 4.78 is 10.9. The zero-order valence-electron chi connectivity index (χ0n) is 13.7. The normalized spacial score (nSPS) is 9.46. The molecule has 0 fully saturated rings. The first-order chi connectivity index (χ1) is 11.7. The zero-order valence-corrected chi connectivity index (χ0v) is 13.7. The van der Waals surface area contributed by atoms with Crippen LogP contribution in [0.4, 0.5) is 0 Å². The van der Waals surface area contributed by atoms with Gasteiger partial charge in [-0.3, -0.25) is 4.79 Å². The molecule has 0 aliphatic rings. The zero-order chi connectivity index (χ0) is 16.9. The van der Waals surface area contributed by atoms with Crippen LogP contribution in [0.2, 0.25) is 0 Å². The fraction of sp³-hybridized carbons (Fsp3) is 0.174. The van der Waals surface area contributed by atoms with Crippen molar-refractivity contribution < 1.29 is 14.3 Å². The molecule has 0 radical (unpaired) electrons. The van der Waals surface area contributed by atoms with Gasteiger partial charge in [0.15, 0.2) is 5.78 Å². The second-order valence-electron chi connectivity index (χ2n) is 5.50. The number of carbonyl (C=O) groups is 1. The van der Waals surface area contributed by atoms with E-state index < -0.39 is 0 Å². The minimum absolute atomic E-state index is 0. The van der Waals surface area contributed by atoms with Crippen molar-refractivity contribution in [2.24, 2.45) is 0 Å². The van der Waals surface area contributed by atoms with Crippen LogP contribution in [0.1, 0.15) is 36.3 Å². The van der Waals surface area contributed by atoms with Gasteiger partial charge in [-0.2, -0.15) is 0 Å². The van der Waals surface area contributed by atoms with Gasteiger partial charge in [0.05, 0.1) is 7.11 Å². The van der Waals surface area contributed by atoms with Crippen LogP contribution in [-0.2, 0) is 0 Å². The minimum atomic E-state index is 0. The largest absolute Gasteiger partial charge is 0.497 e. The Labute approximate surface area is 156 Å². The maximum Gasteiger partial charge on any atom is 0.193 e. The molecular formula is C23H26O3. The molecule has 3 aromatic carbocycles.